The minimum absolute atomic E-state index is 0.462. The molecular formula is C125H113N10O5+5. The minimum Gasteiger partial charge on any atom is -0.437 e. The van der Waals surface area contributed by atoms with Crippen molar-refractivity contribution in [2.24, 2.45) is 35.2 Å². The third-order valence-corrected chi connectivity index (χ3v) is 29.5. The van der Waals surface area contributed by atoms with Crippen LogP contribution in [0.2, 0.25) is 0 Å². The lowest BCUT2D eigenvalue weighted by Gasteiger charge is -2.14. The molecule has 0 radical (unpaired) electrons. The molecular weight excluding hydrogens is 1720 g/mol. The quantitative estimate of drug-likeness (QED) is 0.128. The number of hydrogen-bond donors (Lipinski definition) is 0. The summed E-state index contributed by atoms with van der Waals surface area (Å²) in [5, 5.41) is 23.5. The number of aryl methyl sites for hydroxylation is 13. The molecule has 15 heterocycles. The number of benzene rings is 10. The molecule has 0 amide bonds. The Bertz CT molecular complexity index is 9320. The first-order valence-electron chi connectivity index (χ1n) is 49.0. The van der Waals surface area contributed by atoms with Gasteiger partial charge in [0.2, 0.25) is 57.0 Å². The molecule has 25 aromatic rings. The summed E-state index contributed by atoms with van der Waals surface area (Å²) in [4.78, 5) is 22.4. The number of rotatable bonds is 9. The molecule has 10 aromatic carbocycles. The highest BCUT2D eigenvalue weighted by atomic mass is 16.4. The number of hydrogen-bond acceptors (Lipinski definition) is 10. The first-order chi connectivity index (χ1) is 68.1. The average molecular weight is 1840 g/mol. The molecule has 15 heteroatoms. The fourth-order valence-corrected chi connectivity index (χ4v) is 22.5. The molecule has 1 saturated carbocycles. The molecule has 140 heavy (non-hydrogen) atoms. The van der Waals surface area contributed by atoms with E-state index in [1.54, 1.807) is 31.0 Å². The van der Waals surface area contributed by atoms with Crippen molar-refractivity contribution in [2.45, 2.75) is 133 Å². The van der Waals surface area contributed by atoms with Gasteiger partial charge in [-0.05, 0) is 258 Å². The molecule has 688 valence electrons. The van der Waals surface area contributed by atoms with E-state index >= 15 is 0 Å². The molecule has 0 N–H and O–H groups in total. The van der Waals surface area contributed by atoms with Crippen LogP contribution in [0.1, 0.15) is 139 Å². The van der Waals surface area contributed by atoms with Crippen LogP contribution in [0.15, 0.2) is 321 Å². The van der Waals surface area contributed by atoms with E-state index in [0.717, 1.165) is 128 Å². The molecule has 0 aliphatic heterocycles. The van der Waals surface area contributed by atoms with Gasteiger partial charge in [0, 0.05) is 143 Å². The Morgan fingerprint density at radius 2 is 0.571 bits per heavy atom. The zero-order valence-corrected chi connectivity index (χ0v) is 82.6. The SMILES string of the molecule is CCc1ccc(-c2c(C)c3ccccc3c3c2oc2ncccc23)[n+](C)c1.Cc1c(-c2ccc(C(C)C)c[n+]2C)c2oc3ncccc3c2c2ccccc12.Cc1c(-c2ccc(C3CCCC3)c[n+]2C)c2oc3ncccc3c2c2ccccc12.Cc1c[n+](C)c(-c2c(C)c3ccccc3c3c2oc2ncccc23)cc1C(C)C.Cc1ccc(-c2c(C)c3ccccc3c3c2oc2ncccc23)[n+](C)c1. The predicted octanol–water partition coefficient (Wildman–Crippen LogP) is 29.8. The van der Waals surface area contributed by atoms with E-state index < -0.39 is 0 Å². The van der Waals surface area contributed by atoms with E-state index in [9.17, 15) is 0 Å². The summed E-state index contributed by atoms with van der Waals surface area (Å²) in [6.07, 6.45) is 26.4. The van der Waals surface area contributed by atoms with Gasteiger partial charge in [-0.15, -0.1) is 0 Å². The van der Waals surface area contributed by atoms with Crippen LogP contribution in [-0.4, -0.2) is 24.9 Å². The monoisotopic (exact) mass is 1830 g/mol. The van der Waals surface area contributed by atoms with E-state index in [-0.39, 0.29) is 0 Å². The summed E-state index contributed by atoms with van der Waals surface area (Å²) in [6, 6.07) is 83.4. The lowest BCUT2D eigenvalue weighted by atomic mass is 9.91. The van der Waals surface area contributed by atoms with Gasteiger partial charge in [0.1, 0.15) is 35.2 Å². The second-order valence-electron chi connectivity index (χ2n) is 38.7. The second kappa shape index (κ2) is 36.2. The summed E-state index contributed by atoms with van der Waals surface area (Å²) >= 11 is 0. The molecule has 0 unspecified atom stereocenters. The summed E-state index contributed by atoms with van der Waals surface area (Å²) in [7, 11) is 10.6. The van der Waals surface area contributed by atoms with Gasteiger partial charge in [-0.2, -0.15) is 0 Å². The molecule has 0 atom stereocenters. The van der Waals surface area contributed by atoms with Gasteiger partial charge in [-0.25, -0.2) is 47.8 Å². The van der Waals surface area contributed by atoms with Crippen molar-refractivity contribution >= 4 is 164 Å². The van der Waals surface area contributed by atoms with Crippen LogP contribution in [0, 0.1) is 48.5 Å². The number of pyridine rings is 10. The number of nitrogens with zero attached hydrogens (tertiary/aromatic N) is 10. The maximum atomic E-state index is 6.39. The van der Waals surface area contributed by atoms with Gasteiger partial charge in [0.25, 0.3) is 0 Å². The summed E-state index contributed by atoms with van der Waals surface area (Å²) in [5.41, 5.74) is 33.8. The van der Waals surface area contributed by atoms with Crippen LogP contribution < -0.4 is 22.8 Å². The maximum Gasteiger partial charge on any atom is 0.227 e. The van der Waals surface area contributed by atoms with Gasteiger partial charge in [0.05, 0.1) is 27.8 Å². The minimum atomic E-state index is 0.462. The van der Waals surface area contributed by atoms with Gasteiger partial charge in [-0.3, -0.25) is 0 Å². The van der Waals surface area contributed by atoms with Crippen LogP contribution in [0.4, 0.5) is 0 Å². The van der Waals surface area contributed by atoms with Crippen molar-refractivity contribution in [1.29, 1.82) is 0 Å². The van der Waals surface area contributed by atoms with Gasteiger partial charge < -0.3 is 22.1 Å². The molecule has 0 bridgehead atoms. The van der Waals surface area contributed by atoms with Crippen molar-refractivity contribution in [1.82, 2.24) is 24.9 Å². The highest BCUT2D eigenvalue weighted by Crippen LogP contribution is 2.50. The lowest BCUT2D eigenvalue weighted by Crippen LogP contribution is -2.32. The predicted molar refractivity (Wildman–Crippen MR) is 570 cm³/mol. The largest absolute Gasteiger partial charge is 0.437 e. The molecule has 15 nitrogen and oxygen atoms in total. The van der Waals surface area contributed by atoms with E-state index in [2.05, 4.69) is 403 Å². The zero-order valence-electron chi connectivity index (χ0n) is 82.6. The third kappa shape index (κ3) is 15.2. The standard InChI is InChI=1S/C27H25N2O.C26H25N2O.C25H23N2O.C24H21N2O.C23H19N2O/c1-17-20-10-5-6-11-21(20)25-22-12-7-15-28-27(22)30-26(25)24(17)23-14-13-19(16-29(23)2)18-8-3-4-9-18;1-15(2)21-13-22(28(5)14-16(21)3)23-17(4)18-9-6-7-10-19(18)24-20-11-8-12-27-26(20)29-25(23)24;1-15(2)17-11-12-21(27(4)14-17)22-16(3)18-8-5-6-9-19(18)23-20-10-7-13-26-25(20)28-24(22)23;1-4-16-11-12-20(26(3)14-16)21-15(2)17-8-5-6-9-18(17)22-19-10-7-13-25-24(19)27-23(21)22;1-14-10-11-19(25(3)13-14)20-15(2)16-7-4-5-8-17(16)21-18-9-6-12-24-23(18)26-22(20)21/h5-7,10-16,18H,3-4,8-9H2,1-2H3;6-15H,1-5H3;5-15H,1-4H3;5-14H,4H2,1-3H3;4-13H,1-3H3/q5*+1. The fourth-order valence-electron chi connectivity index (χ4n) is 22.5. The van der Waals surface area contributed by atoms with Gasteiger partial charge >= 0.3 is 0 Å². The van der Waals surface area contributed by atoms with Crippen molar-refractivity contribution in [2.75, 3.05) is 0 Å². The van der Waals surface area contributed by atoms with E-state index in [1.165, 1.54) is 158 Å². The van der Waals surface area contributed by atoms with Crippen LogP contribution in [0.5, 0.6) is 0 Å². The molecule has 15 aromatic heterocycles. The first-order valence-corrected chi connectivity index (χ1v) is 49.0. The lowest BCUT2D eigenvalue weighted by molar-refractivity contribution is -0.661. The zero-order chi connectivity index (χ0) is 96.3. The first kappa shape index (κ1) is 89.2. The van der Waals surface area contributed by atoms with Crippen molar-refractivity contribution in [3.05, 3.63) is 360 Å². The Balaban J connectivity index is 0.000000101. The van der Waals surface area contributed by atoms with Crippen LogP contribution in [0.3, 0.4) is 0 Å². The molecule has 1 aliphatic rings. The smallest absolute Gasteiger partial charge is 0.227 e. The molecule has 0 saturated heterocycles. The van der Waals surface area contributed by atoms with E-state index in [1.807, 2.05) is 30.3 Å². The third-order valence-electron chi connectivity index (χ3n) is 29.5. The maximum absolute atomic E-state index is 6.39. The normalized spacial score (nSPS) is 12.5. The topological polar surface area (TPSA) is 150 Å². The molecule has 1 aliphatic carbocycles. The van der Waals surface area contributed by atoms with Crippen molar-refractivity contribution < 1.29 is 44.9 Å². The van der Waals surface area contributed by atoms with Crippen LogP contribution >= 0.6 is 0 Å². The molecule has 26 rings (SSSR count). The van der Waals surface area contributed by atoms with E-state index in [4.69, 9.17) is 22.1 Å². The van der Waals surface area contributed by atoms with Crippen LogP contribution in [-0.2, 0) is 41.7 Å². The number of furan rings is 5. The number of aromatic nitrogens is 10. The Kier molecular flexibility index (Phi) is 23.0. The Hall–Kier alpha value is -16.0. The summed E-state index contributed by atoms with van der Waals surface area (Å²) < 4.78 is 42.8. The highest BCUT2D eigenvalue weighted by molar-refractivity contribution is 6.28. The Morgan fingerprint density at radius 3 is 0.879 bits per heavy atom. The molecule has 1 fully saturated rings. The van der Waals surface area contributed by atoms with Crippen LogP contribution in [0.25, 0.3) is 220 Å². The number of fused-ring (bicyclic) bond motifs is 25. The Morgan fingerprint density at radius 1 is 0.286 bits per heavy atom. The van der Waals surface area contributed by atoms with E-state index in [0.29, 0.717) is 46.3 Å². The van der Waals surface area contributed by atoms with Gasteiger partial charge in [-0.1, -0.05) is 169 Å². The average Bonchev–Trinajstić information content (AvgIpc) is 1.56. The second-order valence-corrected chi connectivity index (χ2v) is 38.7. The fraction of sp³-hybridized carbons (Fsp3) is 0.200. The Labute approximate surface area is 813 Å². The van der Waals surface area contributed by atoms with Gasteiger partial charge in [0.15, 0.2) is 58.9 Å². The van der Waals surface area contributed by atoms with Crippen molar-refractivity contribution in [3.63, 3.8) is 0 Å². The summed E-state index contributed by atoms with van der Waals surface area (Å²) in [6.45, 7) is 26.4. The molecule has 0 spiro atoms. The summed E-state index contributed by atoms with van der Waals surface area (Å²) in [5.74, 6) is 1.66. The van der Waals surface area contributed by atoms with Crippen molar-refractivity contribution in [3.8, 4) is 56.3 Å². The highest BCUT2D eigenvalue weighted by Gasteiger charge is 2.33.